The van der Waals surface area contributed by atoms with Gasteiger partial charge in [-0.15, -0.1) is 0 Å². The van der Waals surface area contributed by atoms with E-state index >= 15 is 0 Å². The van der Waals surface area contributed by atoms with Crippen molar-refractivity contribution < 1.29 is 14.8 Å². The van der Waals surface area contributed by atoms with E-state index in [1.165, 1.54) is 12.1 Å². The first-order valence-electron chi connectivity index (χ1n) is 7.69. The van der Waals surface area contributed by atoms with E-state index in [0.29, 0.717) is 12.1 Å². The minimum atomic E-state index is -0.813. The van der Waals surface area contributed by atoms with Crippen molar-refractivity contribution in [3.63, 3.8) is 0 Å². The van der Waals surface area contributed by atoms with Gasteiger partial charge in [0.1, 0.15) is 5.75 Å². The number of hydrogen-bond donors (Lipinski definition) is 1. The number of nitro benzene ring substituents is 1. The Bertz CT molecular complexity index is 705. The molecule has 24 heavy (non-hydrogen) atoms. The largest absolute Gasteiger partial charge is 0.496 e. The van der Waals surface area contributed by atoms with Crippen LogP contribution in [0.2, 0.25) is 0 Å². The molecule has 0 bridgehead atoms. The van der Waals surface area contributed by atoms with E-state index in [4.69, 9.17) is 4.74 Å². The third-order valence-corrected chi connectivity index (χ3v) is 4.18. The number of nitro groups is 1. The molecular formula is C18H22N2O4. The van der Waals surface area contributed by atoms with E-state index in [9.17, 15) is 15.2 Å². The van der Waals surface area contributed by atoms with Crippen molar-refractivity contribution in [2.75, 3.05) is 20.7 Å². The molecule has 6 nitrogen and oxygen atoms in total. The molecule has 128 valence electrons. The van der Waals surface area contributed by atoms with Crippen molar-refractivity contribution in [2.24, 2.45) is 0 Å². The minimum absolute atomic E-state index is 0.0213. The number of non-ortho nitro benzene ring substituents is 1. The fourth-order valence-electron chi connectivity index (χ4n) is 2.63. The number of hydrogen-bond acceptors (Lipinski definition) is 5. The van der Waals surface area contributed by atoms with Crippen molar-refractivity contribution in [2.45, 2.75) is 19.1 Å². The molecule has 0 saturated heterocycles. The molecule has 0 aromatic heterocycles. The van der Waals surface area contributed by atoms with Crippen LogP contribution in [0, 0.1) is 10.1 Å². The quantitative estimate of drug-likeness (QED) is 0.622. The number of methoxy groups -OCH3 is 1. The molecule has 0 radical (unpaired) electrons. The molecule has 1 N–H and O–H groups in total. The summed E-state index contributed by atoms with van der Waals surface area (Å²) in [6.45, 7) is 2.37. The summed E-state index contributed by atoms with van der Waals surface area (Å²) in [6, 6.07) is 13.9. The molecule has 0 spiro atoms. The SMILES string of the molecule is COc1ccccc1[C@H](C)N(C)C[C@H](O)c1cccc([N+](=O)[O-])c1. The average molecular weight is 330 g/mol. The second-order valence-corrected chi connectivity index (χ2v) is 5.73. The standard InChI is InChI=1S/C18H22N2O4/c1-13(16-9-4-5-10-18(16)24-3)19(2)12-17(21)14-7-6-8-15(11-14)20(22)23/h4-11,13,17,21H,12H2,1-3H3/t13-,17-/m0/s1. The summed E-state index contributed by atoms with van der Waals surface area (Å²) < 4.78 is 5.38. The molecule has 6 heteroatoms. The van der Waals surface area contributed by atoms with Gasteiger partial charge in [-0.3, -0.25) is 15.0 Å². The minimum Gasteiger partial charge on any atom is -0.496 e. The Hall–Kier alpha value is -2.44. The number of aliphatic hydroxyl groups excluding tert-OH is 1. The number of likely N-dealkylation sites (N-methyl/N-ethyl adjacent to an activating group) is 1. The fourth-order valence-corrected chi connectivity index (χ4v) is 2.63. The monoisotopic (exact) mass is 330 g/mol. The van der Waals surface area contributed by atoms with Crippen molar-refractivity contribution in [1.29, 1.82) is 0 Å². The maximum Gasteiger partial charge on any atom is 0.269 e. The third kappa shape index (κ3) is 4.10. The van der Waals surface area contributed by atoms with Crippen molar-refractivity contribution >= 4 is 5.69 Å². The predicted octanol–water partition coefficient (Wildman–Crippen LogP) is 3.33. The van der Waals surface area contributed by atoms with Crippen LogP contribution < -0.4 is 4.74 Å². The smallest absolute Gasteiger partial charge is 0.269 e. The van der Waals surface area contributed by atoms with Crippen LogP contribution in [0.5, 0.6) is 5.75 Å². The summed E-state index contributed by atoms with van der Waals surface area (Å²) in [5.74, 6) is 0.793. The van der Waals surface area contributed by atoms with Gasteiger partial charge in [0.25, 0.3) is 5.69 Å². The first-order valence-corrected chi connectivity index (χ1v) is 7.69. The molecule has 0 aliphatic carbocycles. The lowest BCUT2D eigenvalue weighted by molar-refractivity contribution is -0.385. The highest BCUT2D eigenvalue weighted by molar-refractivity contribution is 5.36. The molecule has 0 amide bonds. The Morgan fingerprint density at radius 1 is 1.25 bits per heavy atom. The van der Waals surface area contributed by atoms with Gasteiger partial charge in [0, 0.05) is 30.3 Å². The van der Waals surface area contributed by atoms with Crippen molar-refractivity contribution in [1.82, 2.24) is 4.90 Å². The zero-order valence-corrected chi connectivity index (χ0v) is 14.0. The van der Waals surface area contributed by atoms with E-state index < -0.39 is 11.0 Å². The van der Waals surface area contributed by atoms with Gasteiger partial charge in [0.15, 0.2) is 0 Å². The molecule has 2 aromatic rings. The molecular weight excluding hydrogens is 308 g/mol. The molecule has 0 heterocycles. The lowest BCUT2D eigenvalue weighted by Crippen LogP contribution is -2.28. The summed E-state index contributed by atoms with van der Waals surface area (Å²) in [6.07, 6.45) is -0.813. The number of para-hydroxylation sites is 1. The third-order valence-electron chi connectivity index (χ3n) is 4.18. The summed E-state index contributed by atoms with van der Waals surface area (Å²) in [5.41, 5.74) is 1.53. The maximum atomic E-state index is 10.9. The van der Waals surface area contributed by atoms with Gasteiger partial charge in [-0.2, -0.15) is 0 Å². The van der Waals surface area contributed by atoms with E-state index in [0.717, 1.165) is 11.3 Å². The van der Waals surface area contributed by atoms with Crippen molar-refractivity contribution in [3.8, 4) is 5.75 Å². The van der Waals surface area contributed by atoms with Gasteiger partial charge in [-0.25, -0.2) is 0 Å². The van der Waals surface area contributed by atoms with E-state index in [1.54, 1.807) is 19.2 Å². The zero-order chi connectivity index (χ0) is 17.7. The molecule has 2 rings (SSSR count). The Kier molecular flexibility index (Phi) is 5.89. The number of nitrogens with zero attached hydrogens (tertiary/aromatic N) is 2. The Labute approximate surface area is 141 Å². The first-order chi connectivity index (χ1) is 11.4. The summed E-state index contributed by atoms with van der Waals surface area (Å²) >= 11 is 0. The Morgan fingerprint density at radius 2 is 1.96 bits per heavy atom. The number of aliphatic hydroxyl groups is 1. The second kappa shape index (κ2) is 7.90. The molecule has 0 aliphatic heterocycles. The normalized spacial score (nSPS) is 13.5. The van der Waals surface area contributed by atoms with E-state index in [-0.39, 0.29) is 11.7 Å². The number of rotatable bonds is 7. The summed E-state index contributed by atoms with van der Waals surface area (Å²) in [4.78, 5) is 12.4. The topological polar surface area (TPSA) is 75.8 Å². The highest BCUT2D eigenvalue weighted by Crippen LogP contribution is 2.29. The zero-order valence-electron chi connectivity index (χ0n) is 14.0. The lowest BCUT2D eigenvalue weighted by Gasteiger charge is -2.28. The summed E-state index contributed by atoms with van der Waals surface area (Å²) in [7, 11) is 3.53. The van der Waals surface area contributed by atoms with Crippen LogP contribution in [0.4, 0.5) is 5.69 Å². The molecule has 2 aromatic carbocycles. The van der Waals surface area contributed by atoms with Crippen LogP contribution in [-0.2, 0) is 0 Å². The van der Waals surface area contributed by atoms with Crippen LogP contribution in [0.25, 0.3) is 0 Å². The molecule has 0 saturated carbocycles. The maximum absolute atomic E-state index is 10.9. The van der Waals surface area contributed by atoms with Crippen LogP contribution in [0.1, 0.15) is 30.2 Å². The molecule has 0 unspecified atom stereocenters. The highest BCUT2D eigenvalue weighted by Gasteiger charge is 2.20. The van der Waals surface area contributed by atoms with Gasteiger partial charge >= 0.3 is 0 Å². The Morgan fingerprint density at radius 3 is 2.62 bits per heavy atom. The van der Waals surface area contributed by atoms with Gasteiger partial charge in [0.2, 0.25) is 0 Å². The van der Waals surface area contributed by atoms with Gasteiger partial charge in [-0.05, 0) is 25.6 Å². The summed E-state index contributed by atoms with van der Waals surface area (Å²) in [5, 5.41) is 21.3. The van der Waals surface area contributed by atoms with Crippen LogP contribution in [0.3, 0.4) is 0 Å². The molecule has 0 aliphatic rings. The van der Waals surface area contributed by atoms with E-state index in [2.05, 4.69) is 0 Å². The van der Waals surface area contributed by atoms with E-state index in [1.807, 2.05) is 43.1 Å². The average Bonchev–Trinajstić information content (AvgIpc) is 2.60. The van der Waals surface area contributed by atoms with Crippen LogP contribution >= 0.6 is 0 Å². The van der Waals surface area contributed by atoms with Gasteiger partial charge in [0.05, 0.1) is 18.1 Å². The van der Waals surface area contributed by atoms with Gasteiger partial charge in [-0.1, -0.05) is 30.3 Å². The highest BCUT2D eigenvalue weighted by atomic mass is 16.6. The van der Waals surface area contributed by atoms with Crippen LogP contribution in [0.15, 0.2) is 48.5 Å². The number of ether oxygens (including phenoxy) is 1. The fraction of sp³-hybridized carbons (Fsp3) is 0.333. The second-order valence-electron chi connectivity index (χ2n) is 5.73. The Balaban J connectivity index is 2.12. The number of benzene rings is 2. The molecule has 2 atom stereocenters. The molecule has 0 fully saturated rings. The van der Waals surface area contributed by atoms with Crippen LogP contribution in [-0.4, -0.2) is 35.6 Å². The first kappa shape index (κ1) is 17.9. The van der Waals surface area contributed by atoms with Gasteiger partial charge < -0.3 is 9.84 Å². The van der Waals surface area contributed by atoms with Crippen molar-refractivity contribution in [3.05, 3.63) is 69.8 Å². The lowest BCUT2D eigenvalue weighted by atomic mass is 10.0. The predicted molar refractivity (Wildman–Crippen MR) is 92.1 cm³/mol.